The summed E-state index contributed by atoms with van der Waals surface area (Å²) in [4.78, 5) is 12.6. The van der Waals surface area contributed by atoms with Gasteiger partial charge in [-0.25, -0.2) is 0 Å². The van der Waals surface area contributed by atoms with Crippen molar-refractivity contribution in [2.45, 2.75) is 0 Å². The first-order chi connectivity index (χ1) is 14.1. The van der Waals surface area contributed by atoms with Crippen molar-refractivity contribution in [1.29, 1.82) is 0 Å². The molecule has 4 rings (SSSR count). The van der Waals surface area contributed by atoms with Gasteiger partial charge in [-0.3, -0.25) is 4.79 Å². The molecule has 0 fully saturated rings. The SMILES string of the molecule is O=C1/C(=C/c2ccc(Cl)cc2Cl)Oc2cc(OC/C=C/c3ccccc3)ccc21. The van der Waals surface area contributed by atoms with Crippen LogP contribution in [-0.4, -0.2) is 12.4 Å². The van der Waals surface area contributed by atoms with Crippen molar-refractivity contribution < 1.29 is 14.3 Å². The fourth-order valence-corrected chi connectivity index (χ4v) is 3.37. The molecular weight excluding hydrogens is 407 g/mol. The Balaban J connectivity index is 1.46. The summed E-state index contributed by atoms with van der Waals surface area (Å²) in [7, 11) is 0. The van der Waals surface area contributed by atoms with Crippen LogP contribution in [0.15, 0.2) is 78.6 Å². The highest BCUT2D eigenvalue weighted by Crippen LogP contribution is 2.35. The van der Waals surface area contributed by atoms with E-state index in [2.05, 4.69) is 0 Å². The Labute approximate surface area is 178 Å². The number of halogens is 2. The zero-order valence-corrected chi connectivity index (χ0v) is 16.8. The minimum absolute atomic E-state index is 0.193. The summed E-state index contributed by atoms with van der Waals surface area (Å²) in [6.07, 6.45) is 5.54. The first-order valence-corrected chi connectivity index (χ1v) is 9.73. The second-order valence-electron chi connectivity index (χ2n) is 6.39. The van der Waals surface area contributed by atoms with Gasteiger partial charge < -0.3 is 9.47 Å². The van der Waals surface area contributed by atoms with Crippen LogP contribution in [0.25, 0.3) is 12.2 Å². The van der Waals surface area contributed by atoms with Crippen molar-refractivity contribution in [2.75, 3.05) is 6.61 Å². The molecule has 0 spiro atoms. The van der Waals surface area contributed by atoms with Gasteiger partial charge >= 0.3 is 0 Å². The maximum Gasteiger partial charge on any atom is 0.231 e. The van der Waals surface area contributed by atoms with Gasteiger partial charge in [-0.15, -0.1) is 0 Å². The Morgan fingerprint density at radius 1 is 0.966 bits per heavy atom. The molecule has 0 unspecified atom stereocenters. The molecule has 1 aliphatic heterocycles. The van der Waals surface area contributed by atoms with Crippen LogP contribution in [0.3, 0.4) is 0 Å². The van der Waals surface area contributed by atoms with E-state index in [0.29, 0.717) is 39.3 Å². The zero-order chi connectivity index (χ0) is 20.2. The molecule has 5 heteroatoms. The van der Waals surface area contributed by atoms with E-state index in [0.717, 1.165) is 5.56 Å². The predicted octanol–water partition coefficient (Wildman–Crippen LogP) is 6.70. The molecule has 1 heterocycles. The van der Waals surface area contributed by atoms with Crippen LogP contribution < -0.4 is 9.47 Å². The summed E-state index contributed by atoms with van der Waals surface area (Å²) in [5.41, 5.74) is 2.26. The van der Waals surface area contributed by atoms with E-state index in [1.165, 1.54) is 0 Å². The van der Waals surface area contributed by atoms with E-state index in [1.54, 1.807) is 42.5 Å². The normalized spacial score (nSPS) is 14.3. The van der Waals surface area contributed by atoms with Crippen LogP contribution in [-0.2, 0) is 0 Å². The molecule has 0 aliphatic carbocycles. The van der Waals surface area contributed by atoms with Crippen molar-refractivity contribution in [3.05, 3.63) is 105 Å². The standard InChI is InChI=1S/C24H16Cl2O3/c25-18-9-8-17(21(26)14-18)13-23-24(27)20-11-10-19(15-22(20)29-23)28-12-4-7-16-5-2-1-3-6-16/h1-11,13-15H,12H2/b7-4+,23-13-. The highest BCUT2D eigenvalue weighted by molar-refractivity contribution is 6.35. The molecule has 3 aromatic rings. The van der Waals surface area contributed by atoms with Crippen molar-refractivity contribution >= 4 is 41.1 Å². The molecule has 144 valence electrons. The third-order valence-corrected chi connectivity index (χ3v) is 4.91. The number of carbonyl (C=O) groups is 1. The summed E-state index contributed by atoms with van der Waals surface area (Å²) in [6, 6.07) is 20.2. The molecule has 29 heavy (non-hydrogen) atoms. The highest BCUT2D eigenvalue weighted by atomic mass is 35.5. The van der Waals surface area contributed by atoms with E-state index >= 15 is 0 Å². The molecule has 0 N–H and O–H groups in total. The Morgan fingerprint density at radius 2 is 1.79 bits per heavy atom. The minimum atomic E-state index is -0.193. The van der Waals surface area contributed by atoms with Crippen molar-refractivity contribution in [2.24, 2.45) is 0 Å². The number of ether oxygens (including phenoxy) is 2. The Morgan fingerprint density at radius 3 is 2.59 bits per heavy atom. The molecule has 1 aliphatic rings. The largest absolute Gasteiger partial charge is 0.489 e. The monoisotopic (exact) mass is 422 g/mol. The Bertz CT molecular complexity index is 1120. The van der Waals surface area contributed by atoms with Crippen LogP contribution in [0.4, 0.5) is 0 Å². The van der Waals surface area contributed by atoms with E-state index in [1.807, 2.05) is 42.5 Å². The molecule has 0 amide bonds. The number of Topliss-reactive ketones (excluding diaryl/α,β-unsaturated/α-hetero) is 1. The molecule has 3 aromatic carbocycles. The van der Waals surface area contributed by atoms with Crippen molar-refractivity contribution in [3.63, 3.8) is 0 Å². The van der Waals surface area contributed by atoms with Gasteiger partial charge in [-0.1, -0.05) is 65.7 Å². The van der Waals surface area contributed by atoms with Crippen molar-refractivity contribution in [3.8, 4) is 11.5 Å². The second-order valence-corrected chi connectivity index (χ2v) is 7.23. The maximum atomic E-state index is 12.6. The number of hydrogen-bond acceptors (Lipinski definition) is 3. The average molecular weight is 423 g/mol. The summed E-state index contributed by atoms with van der Waals surface area (Å²) >= 11 is 12.1. The fraction of sp³-hybridized carbons (Fsp3) is 0.0417. The first kappa shape index (κ1) is 19.3. The van der Waals surface area contributed by atoms with Gasteiger partial charge in [-0.05, 0) is 47.5 Å². The van der Waals surface area contributed by atoms with Gasteiger partial charge in [0.1, 0.15) is 18.1 Å². The zero-order valence-electron chi connectivity index (χ0n) is 15.3. The first-order valence-electron chi connectivity index (χ1n) is 8.98. The van der Waals surface area contributed by atoms with Crippen LogP contribution in [0.5, 0.6) is 11.5 Å². The molecule has 0 radical (unpaired) electrons. The van der Waals surface area contributed by atoms with Gasteiger partial charge in [0, 0.05) is 16.1 Å². The number of fused-ring (bicyclic) bond motifs is 1. The number of hydrogen-bond donors (Lipinski definition) is 0. The molecule has 0 saturated carbocycles. The van der Waals surface area contributed by atoms with Crippen molar-refractivity contribution in [1.82, 2.24) is 0 Å². The quantitative estimate of drug-likeness (QED) is 0.429. The molecule has 3 nitrogen and oxygen atoms in total. The van der Waals surface area contributed by atoms with Gasteiger partial charge in [0.2, 0.25) is 5.78 Å². The molecule has 0 atom stereocenters. The Hall–Kier alpha value is -3.01. The van der Waals surface area contributed by atoms with Gasteiger partial charge in [-0.2, -0.15) is 0 Å². The van der Waals surface area contributed by atoms with E-state index < -0.39 is 0 Å². The lowest BCUT2D eigenvalue weighted by molar-refractivity contribution is 0.101. The lowest BCUT2D eigenvalue weighted by Crippen LogP contribution is -1.98. The summed E-state index contributed by atoms with van der Waals surface area (Å²) in [6.45, 7) is 0.407. The maximum absolute atomic E-state index is 12.6. The van der Waals surface area contributed by atoms with Gasteiger partial charge in [0.25, 0.3) is 0 Å². The summed E-state index contributed by atoms with van der Waals surface area (Å²) < 4.78 is 11.5. The van der Waals surface area contributed by atoms with Gasteiger partial charge in [0.15, 0.2) is 5.76 Å². The topological polar surface area (TPSA) is 35.5 Å². The molecular formula is C24H16Cl2O3. The fourth-order valence-electron chi connectivity index (χ4n) is 2.91. The van der Waals surface area contributed by atoms with E-state index in [4.69, 9.17) is 32.7 Å². The van der Waals surface area contributed by atoms with Crippen LogP contribution in [0, 0.1) is 0 Å². The smallest absolute Gasteiger partial charge is 0.231 e. The number of benzene rings is 3. The van der Waals surface area contributed by atoms with Crippen LogP contribution in [0.2, 0.25) is 10.0 Å². The number of rotatable bonds is 5. The van der Waals surface area contributed by atoms with E-state index in [-0.39, 0.29) is 11.5 Å². The van der Waals surface area contributed by atoms with Crippen LogP contribution in [0.1, 0.15) is 21.5 Å². The second kappa shape index (κ2) is 8.56. The highest BCUT2D eigenvalue weighted by Gasteiger charge is 2.27. The number of ketones is 1. The molecule has 0 saturated heterocycles. The number of carbonyl (C=O) groups excluding carboxylic acids is 1. The summed E-state index contributed by atoms with van der Waals surface area (Å²) in [5.74, 6) is 1.11. The van der Waals surface area contributed by atoms with Gasteiger partial charge in [0.05, 0.1) is 5.56 Å². The molecule has 0 aromatic heterocycles. The lowest BCUT2D eigenvalue weighted by Gasteiger charge is -2.05. The molecule has 0 bridgehead atoms. The lowest BCUT2D eigenvalue weighted by atomic mass is 10.1. The van der Waals surface area contributed by atoms with Crippen LogP contribution >= 0.6 is 23.2 Å². The predicted molar refractivity (Wildman–Crippen MR) is 117 cm³/mol. The minimum Gasteiger partial charge on any atom is -0.489 e. The summed E-state index contributed by atoms with van der Waals surface area (Å²) in [5, 5.41) is 0.980. The number of allylic oxidation sites excluding steroid dienone is 1. The third-order valence-electron chi connectivity index (χ3n) is 4.35. The average Bonchev–Trinajstić information content (AvgIpc) is 3.03. The third kappa shape index (κ3) is 4.53. The van der Waals surface area contributed by atoms with E-state index in [9.17, 15) is 4.79 Å². The Kier molecular flexibility index (Phi) is 5.70.